The normalized spacial score (nSPS) is 19.0. The molecule has 0 saturated carbocycles. The number of hydrogen-bond donors (Lipinski definition) is 2. The number of nitrogens with one attached hydrogen (secondary N) is 2. The van der Waals surface area contributed by atoms with Gasteiger partial charge in [-0.05, 0) is 50.1 Å². The van der Waals surface area contributed by atoms with Gasteiger partial charge in [0.05, 0.1) is 18.2 Å². The van der Waals surface area contributed by atoms with Crippen LogP contribution in [0.25, 0.3) is 0 Å². The van der Waals surface area contributed by atoms with E-state index in [1.165, 1.54) is 16.8 Å². The molecule has 2 aromatic rings. The number of aryl methyl sites for hydroxylation is 2. The Hall–Kier alpha value is -3.03. The minimum absolute atomic E-state index is 0.255. The van der Waals surface area contributed by atoms with E-state index in [1.54, 1.807) is 19.1 Å². The van der Waals surface area contributed by atoms with Crippen molar-refractivity contribution in [3.63, 3.8) is 0 Å². The Labute approximate surface area is 205 Å². The standard InChI is InChI=1S/C26H31ClN4O3/c1-4-34-25(32)23-21(28-26(33)29-24(23)19-6-8-20(27)9-7-19)16-30-11-13-31(14-12-30)22-10-5-17(2)15-18(22)3/h5-10,15,24H,4,11-14,16H2,1-3H3,(H2,28,29,33)/t24-/m1/s1. The number of piperazine rings is 1. The number of urea groups is 1. The number of carbonyl (C=O) groups excluding carboxylic acids is 2. The van der Waals surface area contributed by atoms with Gasteiger partial charge in [0.25, 0.3) is 0 Å². The summed E-state index contributed by atoms with van der Waals surface area (Å²) < 4.78 is 5.37. The molecule has 180 valence electrons. The molecule has 0 aliphatic carbocycles. The van der Waals surface area contributed by atoms with E-state index in [0.717, 1.165) is 31.7 Å². The molecule has 2 heterocycles. The number of benzene rings is 2. The van der Waals surface area contributed by atoms with Crippen molar-refractivity contribution in [2.24, 2.45) is 0 Å². The molecule has 2 amide bonds. The molecule has 0 spiro atoms. The highest BCUT2D eigenvalue weighted by Gasteiger charge is 2.34. The van der Waals surface area contributed by atoms with Crippen LogP contribution >= 0.6 is 11.6 Å². The average molecular weight is 483 g/mol. The van der Waals surface area contributed by atoms with Crippen LogP contribution in [-0.4, -0.2) is 56.2 Å². The van der Waals surface area contributed by atoms with E-state index in [2.05, 4.69) is 52.5 Å². The van der Waals surface area contributed by atoms with E-state index in [9.17, 15) is 9.59 Å². The van der Waals surface area contributed by atoms with Gasteiger partial charge in [0.15, 0.2) is 0 Å². The Kier molecular flexibility index (Phi) is 7.44. The van der Waals surface area contributed by atoms with Crippen molar-refractivity contribution >= 4 is 29.3 Å². The lowest BCUT2D eigenvalue weighted by Crippen LogP contribution is -2.52. The Bertz CT molecular complexity index is 1090. The van der Waals surface area contributed by atoms with Crippen molar-refractivity contribution in [2.75, 3.05) is 44.2 Å². The molecule has 0 unspecified atom stereocenters. The fourth-order valence-electron chi connectivity index (χ4n) is 4.63. The smallest absolute Gasteiger partial charge is 0.338 e. The lowest BCUT2D eigenvalue weighted by molar-refractivity contribution is -0.139. The van der Waals surface area contributed by atoms with Crippen LogP contribution in [0.15, 0.2) is 53.7 Å². The number of anilines is 1. The molecule has 0 bridgehead atoms. The first-order chi connectivity index (χ1) is 16.4. The van der Waals surface area contributed by atoms with Crippen molar-refractivity contribution < 1.29 is 14.3 Å². The number of amides is 2. The summed E-state index contributed by atoms with van der Waals surface area (Å²) in [5.74, 6) is -0.432. The van der Waals surface area contributed by atoms with Crippen LogP contribution in [0.4, 0.5) is 10.5 Å². The molecule has 2 N–H and O–H groups in total. The molecule has 2 aliphatic heterocycles. The van der Waals surface area contributed by atoms with Gasteiger partial charge < -0.3 is 20.3 Å². The predicted octanol–water partition coefficient (Wildman–Crippen LogP) is 3.95. The number of hydrogen-bond acceptors (Lipinski definition) is 5. The number of esters is 1. The maximum Gasteiger partial charge on any atom is 0.338 e. The van der Waals surface area contributed by atoms with Crippen molar-refractivity contribution in [1.82, 2.24) is 15.5 Å². The first-order valence-corrected chi connectivity index (χ1v) is 12.0. The number of ether oxygens (including phenoxy) is 1. The Morgan fingerprint density at radius 1 is 1.09 bits per heavy atom. The van der Waals surface area contributed by atoms with E-state index >= 15 is 0 Å². The van der Waals surface area contributed by atoms with Gasteiger partial charge in [0.2, 0.25) is 0 Å². The van der Waals surface area contributed by atoms with Crippen LogP contribution in [0.3, 0.4) is 0 Å². The lowest BCUT2D eigenvalue weighted by Gasteiger charge is -2.38. The fourth-order valence-corrected chi connectivity index (χ4v) is 4.75. The van der Waals surface area contributed by atoms with Gasteiger partial charge in [0.1, 0.15) is 0 Å². The zero-order valence-electron chi connectivity index (χ0n) is 19.9. The van der Waals surface area contributed by atoms with Crippen molar-refractivity contribution in [1.29, 1.82) is 0 Å². The van der Waals surface area contributed by atoms with Crippen LogP contribution < -0.4 is 15.5 Å². The first kappa shape index (κ1) is 24.1. The van der Waals surface area contributed by atoms with Gasteiger partial charge in [-0.1, -0.05) is 41.4 Å². The molecule has 1 saturated heterocycles. The maximum absolute atomic E-state index is 13.0. The van der Waals surface area contributed by atoms with Crippen molar-refractivity contribution in [2.45, 2.75) is 26.8 Å². The second kappa shape index (κ2) is 10.5. The molecular weight excluding hydrogens is 452 g/mol. The van der Waals surface area contributed by atoms with E-state index < -0.39 is 12.0 Å². The maximum atomic E-state index is 13.0. The quantitative estimate of drug-likeness (QED) is 0.610. The minimum atomic E-state index is -0.600. The highest BCUT2D eigenvalue weighted by atomic mass is 35.5. The molecule has 8 heteroatoms. The summed E-state index contributed by atoms with van der Waals surface area (Å²) in [5.41, 5.74) is 5.59. The van der Waals surface area contributed by atoms with Crippen LogP contribution in [0.5, 0.6) is 0 Å². The summed E-state index contributed by atoms with van der Waals surface area (Å²) in [6.07, 6.45) is 0. The molecular formula is C26H31ClN4O3. The molecule has 2 aromatic carbocycles. The fraction of sp³-hybridized carbons (Fsp3) is 0.385. The summed E-state index contributed by atoms with van der Waals surface area (Å²) >= 11 is 6.04. The zero-order valence-corrected chi connectivity index (χ0v) is 20.6. The largest absolute Gasteiger partial charge is 0.463 e. The summed E-state index contributed by atoms with van der Waals surface area (Å²) in [5, 5.41) is 6.33. The topological polar surface area (TPSA) is 73.9 Å². The number of carbonyl (C=O) groups is 2. The molecule has 1 atom stereocenters. The lowest BCUT2D eigenvalue weighted by atomic mass is 9.95. The molecule has 1 fully saturated rings. The van der Waals surface area contributed by atoms with Crippen molar-refractivity contribution in [3.05, 3.63) is 75.4 Å². The predicted molar refractivity (Wildman–Crippen MR) is 134 cm³/mol. The van der Waals surface area contributed by atoms with E-state index in [-0.39, 0.29) is 12.6 Å². The number of nitrogens with zero attached hydrogens (tertiary/aromatic N) is 2. The summed E-state index contributed by atoms with van der Waals surface area (Å²) in [7, 11) is 0. The third-order valence-corrected chi connectivity index (χ3v) is 6.55. The number of rotatable bonds is 6. The SMILES string of the molecule is CCOC(=O)C1=C(CN2CCN(c3ccc(C)cc3C)CC2)NC(=O)N[C@@H]1c1ccc(Cl)cc1. The molecule has 0 aromatic heterocycles. The third-order valence-electron chi connectivity index (χ3n) is 6.30. The first-order valence-electron chi connectivity index (χ1n) is 11.6. The van der Waals surface area contributed by atoms with Gasteiger partial charge in [0, 0.05) is 49.1 Å². The van der Waals surface area contributed by atoms with Crippen molar-refractivity contribution in [3.8, 4) is 0 Å². The molecule has 4 rings (SSSR count). The average Bonchev–Trinajstić information content (AvgIpc) is 2.80. The summed E-state index contributed by atoms with van der Waals surface area (Å²) in [6, 6.07) is 12.7. The van der Waals surface area contributed by atoms with Gasteiger partial charge in [-0.25, -0.2) is 9.59 Å². The third kappa shape index (κ3) is 5.37. The van der Waals surface area contributed by atoms with E-state index in [0.29, 0.717) is 22.8 Å². The van der Waals surface area contributed by atoms with Crippen LogP contribution in [0, 0.1) is 13.8 Å². The van der Waals surface area contributed by atoms with E-state index in [1.807, 2.05) is 12.1 Å². The Morgan fingerprint density at radius 3 is 2.44 bits per heavy atom. The monoisotopic (exact) mass is 482 g/mol. The van der Waals surface area contributed by atoms with Gasteiger partial charge >= 0.3 is 12.0 Å². The van der Waals surface area contributed by atoms with E-state index in [4.69, 9.17) is 16.3 Å². The second-order valence-electron chi connectivity index (χ2n) is 8.75. The summed E-state index contributed by atoms with van der Waals surface area (Å²) in [4.78, 5) is 30.2. The van der Waals surface area contributed by atoms with Gasteiger partial charge in [-0.3, -0.25) is 4.90 Å². The van der Waals surface area contributed by atoms with Crippen LogP contribution in [-0.2, 0) is 9.53 Å². The number of halogens is 1. The minimum Gasteiger partial charge on any atom is -0.463 e. The highest BCUT2D eigenvalue weighted by molar-refractivity contribution is 6.30. The van der Waals surface area contributed by atoms with Crippen LogP contribution in [0.2, 0.25) is 5.02 Å². The highest BCUT2D eigenvalue weighted by Crippen LogP contribution is 2.29. The second-order valence-corrected chi connectivity index (χ2v) is 9.19. The zero-order chi connectivity index (χ0) is 24.2. The molecule has 7 nitrogen and oxygen atoms in total. The summed E-state index contributed by atoms with van der Waals surface area (Å²) in [6.45, 7) is 10.1. The molecule has 0 radical (unpaired) electrons. The van der Waals surface area contributed by atoms with Crippen LogP contribution in [0.1, 0.15) is 29.7 Å². The van der Waals surface area contributed by atoms with Gasteiger partial charge in [-0.2, -0.15) is 0 Å². The van der Waals surface area contributed by atoms with Gasteiger partial charge in [-0.15, -0.1) is 0 Å². The Balaban J connectivity index is 1.55. The molecule has 2 aliphatic rings. The molecule has 34 heavy (non-hydrogen) atoms. The Morgan fingerprint density at radius 2 is 1.79 bits per heavy atom.